The molecule has 0 radical (unpaired) electrons. The number of halogens is 1. The summed E-state index contributed by atoms with van der Waals surface area (Å²) in [5.41, 5.74) is 2.39. The lowest BCUT2D eigenvalue weighted by Gasteiger charge is -2.10. The molecule has 1 atom stereocenters. The lowest BCUT2D eigenvalue weighted by molar-refractivity contribution is -0.131. The van der Waals surface area contributed by atoms with Crippen molar-refractivity contribution in [1.82, 2.24) is 5.32 Å². The summed E-state index contributed by atoms with van der Waals surface area (Å²) in [5.74, 6) is 0.487. The third-order valence-corrected chi connectivity index (χ3v) is 4.16. The van der Waals surface area contributed by atoms with Gasteiger partial charge in [-0.1, -0.05) is 47.1 Å². The predicted molar refractivity (Wildman–Crippen MR) is 92.3 cm³/mol. The van der Waals surface area contributed by atoms with Crippen molar-refractivity contribution in [3.63, 3.8) is 0 Å². The van der Waals surface area contributed by atoms with Crippen molar-refractivity contribution in [1.29, 1.82) is 0 Å². The number of oxime groups is 1. The fourth-order valence-electron chi connectivity index (χ4n) is 2.50. The standard InChI is InChI=1S/C18H17ClN2O3/c1-23-16-9-5-3-7-13(16)15-10-17(24-21-15)18(22)20-11-12-6-2-4-8-14(12)19/h2-9,17H,10-11H2,1H3,(H,20,22). The topological polar surface area (TPSA) is 59.9 Å². The van der Waals surface area contributed by atoms with Crippen LogP contribution in [-0.4, -0.2) is 24.8 Å². The van der Waals surface area contributed by atoms with Gasteiger partial charge in [0.2, 0.25) is 6.10 Å². The largest absolute Gasteiger partial charge is 0.496 e. The SMILES string of the molecule is COc1ccccc1C1=NOC(C(=O)NCc2ccccc2Cl)C1. The molecular weight excluding hydrogens is 328 g/mol. The Kier molecular flexibility index (Phi) is 5.01. The number of carbonyl (C=O) groups excluding carboxylic acids is 1. The Bertz CT molecular complexity index is 776. The van der Waals surface area contributed by atoms with Gasteiger partial charge in [0, 0.05) is 23.6 Å². The first-order valence-corrected chi connectivity index (χ1v) is 7.94. The fraction of sp³-hybridized carbons (Fsp3) is 0.222. The van der Waals surface area contributed by atoms with Gasteiger partial charge in [0.15, 0.2) is 0 Å². The average molecular weight is 345 g/mol. The van der Waals surface area contributed by atoms with Crippen LogP contribution in [0.1, 0.15) is 17.5 Å². The first-order chi connectivity index (χ1) is 11.7. The molecule has 0 fully saturated rings. The van der Waals surface area contributed by atoms with E-state index in [2.05, 4.69) is 10.5 Å². The first-order valence-electron chi connectivity index (χ1n) is 7.56. The number of rotatable bonds is 5. The maximum Gasteiger partial charge on any atom is 0.264 e. The number of para-hydroxylation sites is 1. The molecule has 0 saturated carbocycles. The van der Waals surface area contributed by atoms with Crippen LogP contribution in [0.25, 0.3) is 0 Å². The molecule has 0 saturated heterocycles. The van der Waals surface area contributed by atoms with Crippen LogP contribution in [-0.2, 0) is 16.2 Å². The Labute approximate surface area is 145 Å². The van der Waals surface area contributed by atoms with Crippen LogP contribution in [0, 0.1) is 0 Å². The van der Waals surface area contributed by atoms with Gasteiger partial charge in [0.1, 0.15) is 5.75 Å². The minimum atomic E-state index is -0.646. The molecule has 1 aliphatic heterocycles. The zero-order chi connectivity index (χ0) is 16.9. The summed E-state index contributed by atoms with van der Waals surface area (Å²) in [6.07, 6.45) is -0.248. The van der Waals surface area contributed by atoms with Crippen LogP contribution in [0.3, 0.4) is 0 Å². The Hall–Kier alpha value is -2.53. The second-order valence-corrected chi connectivity index (χ2v) is 5.75. The van der Waals surface area contributed by atoms with E-state index in [1.165, 1.54) is 0 Å². The number of hydrogen-bond acceptors (Lipinski definition) is 4. The van der Waals surface area contributed by atoms with E-state index in [4.69, 9.17) is 21.2 Å². The lowest BCUT2D eigenvalue weighted by atomic mass is 10.0. The smallest absolute Gasteiger partial charge is 0.264 e. The highest BCUT2D eigenvalue weighted by Gasteiger charge is 2.29. The third-order valence-electron chi connectivity index (χ3n) is 3.79. The summed E-state index contributed by atoms with van der Waals surface area (Å²) >= 11 is 6.08. The van der Waals surface area contributed by atoms with Crippen LogP contribution >= 0.6 is 11.6 Å². The molecule has 1 N–H and O–H groups in total. The van der Waals surface area contributed by atoms with E-state index < -0.39 is 6.10 Å². The van der Waals surface area contributed by atoms with Crippen LogP contribution in [0.4, 0.5) is 0 Å². The minimum Gasteiger partial charge on any atom is -0.496 e. The van der Waals surface area contributed by atoms with E-state index in [1.807, 2.05) is 42.5 Å². The molecule has 0 spiro atoms. The van der Waals surface area contributed by atoms with Gasteiger partial charge in [-0.3, -0.25) is 4.79 Å². The second-order valence-electron chi connectivity index (χ2n) is 5.35. The maximum atomic E-state index is 12.3. The number of ether oxygens (including phenoxy) is 1. The average Bonchev–Trinajstić information content (AvgIpc) is 3.11. The van der Waals surface area contributed by atoms with E-state index in [0.717, 1.165) is 11.1 Å². The van der Waals surface area contributed by atoms with Crippen molar-refractivity contribution in [3.05, 3.63) is 64.7 Å². The molecule has 2 aromatic carbocycles. The number of benzene rings is 2. The van der Waals surface area contributed by atoms with Crippen molar-refractivity contribution in [2.45, 2.75) is 19.1 Å². The molecule has 1 heterocycles. The van der Waals surface area contributed by atoms with E-state index in [1.54, 1.807) is 13.2 Å². The van der Waals surface area contributed by atoms with Crippen molar-refractivity contribution >= 4 is 23.2 Å². The van der Waals surface area contributed by atoms with Crippen molar-refractivity contribution in [2.75, 3.05) is 7.11 Å². The number of methoxy groups -OCH3 is 1. The normalized spacial score (nSPS) is 16.2. The van der Waals surface area contributed by atoms with E-state index in [0.29, 0.717) is 29.4 Å². The van der Waals surface area contributed by atoms with Gasteiger partial charge in [-0.15, -0.1) is 0 Å². The third kappa shape index (κ3) is 3.51. The zero-order valence-electron chi connectivity index (χ0n) is 13.2. The highest BCUT2D eigenvalue weighted by atomic mass is 35.5. The van der Waals surface area contributed by atoms with Crippen LogP contribution in [0.2, 0.25) is 5.02 Å². The number of amides is 1. The van der Waals surface area contributed by atoms with Crippen molar-refractivity contribution < 1.29 is 14.4 Å². The van der Waals surface area contributed by atoms with E-state index in [-0.39, 0.29) is 5.91 Å². The quantitative estimate of drug-likeness (QED) is 0.906. The Morgan fingerprint density at radius 3 is 2.83 bits per heavy atom. The summed E-state index contributed by atoms with van der Waals surface area (Å²) in [7, 11) is 1.60. The maximum absolute atomic E-state index is 12.3. The molecule has 124 valence electrons. The van der Waals surface area contributed by atoms with Gasteiger partial charge in [0.05, 0.1) is 12.8 Å². The highest BCUT2D eigenvalue weighted by molar-refractivity contribution is 6.31. The van der Waals surface area contributed by atoms with Crippen molar-refractivity contribution in [2.24, 2.45) is 5.16 Å². The van der Waals surface area contributed by atoms with Gasteiger partial charge in [-0.2, -0.15) is 0 Å². The number of hydrogen-bond donors (Lipinski definition) is 1. The van der Waals surface area contributed by atoms with Crippen LogP contribution in [0.5, 0.6) is 5.75 Å². The number of nitrogens with one attached hydrogen (secondary N) is 1. The monoisotopic (exact) mass is 344 g/mol. The fourth-order valence-corrected chi connectivity index (χ4v) is 2.70. The molecule has 0 aliphatic carbocycles. The molecule has 1 amide bonds. The Morgan fingerprint density at radius 1 is 1.29 bits per heavy atom. The van der Waals surface area contributed by atoms with Crippen molar-refractivity contribution in [3.8, 4) is 5.75 Å². The molecule has 0 bridgehead atoms. The predicted octanol–water partition coefficient (Wildman–Crippen LogP) is 3.16. The number of carbonyl (C=O) groups is 1. The molecule has 2 aromatic rings. The molecule has 1 unspecified atom stereocenters. The molecule has 6 heteroatoms. The minimum absolute atomic E-state index is 0.219. The van der Waals surface area contributed by atoms with Gasteiger partial charge in [0.25, 0.3) is 5.91 Å². The summed E-state index contributed by atoms with van der Waals surface area (Å²) < 4.78 is 5.32. The molecule has 5 nitrogen and oxygen atoms in total. The summed E-state index contributed by atoms with van der Waals surface area (Å²) in [6, 6.07) is 14.9. The summed E-state index contributed by atoms with van der Waals surface area (Å²) in [5, 5.41) is 7.49. The molecule has 3 rings (SSSR count). The molecular formula is C18H17ClN2O3. The van der Waals surface area contributed by atoms with Crippen LogP contribution < -0.4 is 10.1 Å². The summed E-state index contributed by atoms with van der Waals surface area (Å²) in [4.78, 5) is 17.6. The zero-order valence-corrected chi connectivity index (χ0v) is 13.9. The first kappa shape index (κ1) is 16.3. The van der Waals surface area contributed by atoms with E-state index in [9.17, 15) is 4.79 Å². The van der Waals surface area contributed by atoms with Gasteiger partial charge in [-0.25, -0.2) is 0 Å². The lowest BCUT2D eigenvalue weighted by Crippen LogP contribution is -2.34. The highest BCUT2D eigenvalue weighted by Crippen LogP contribution is 2.24. The van der Waals surface area contributed by atoms with Crippen LogP contribution in [0.15, 0.2) is 53.7 Å². The van der Waals surface area contributed by atoms with Gasteiger partial charge < -0.3 is 14.9 Å². The summed E-state index contributed by atoms with van der Waals surface area (Å²) in [6.45, 7) is 0.350. The molecule has 0 aromatic heterocycles. The molecule has 24 heavy (non-hydrogen) atoms. The number of nitrogens with zero attached hydrogens (tertiary/aromatic N) is 1. The van der Waals surface area contributed by atoms with Gasteiger partial charge in [-0.05, 0) is 23.8 Å². The second kappa shape index (κ2) is 7.36. The molecule has 1 aliphatic rings. The van der Waals surface area contributed by atoms with E-state index >= 15 is 0 Å². The Morgan fingerprint density at radius 2 is 2.04 bits per heavy atom. The van der Waals surface area contributed by atoms with Gasteiger partial charge >= 0.3 is 0 Å². The Balaban J connectivity index is 1.60.